The minimum Gasteiger partial charge on any atom is -0.443 e. The lowest BCUT2D eigenvalue weighted by molar-refractivity contribution is -0.121. The molecule has 1 aromatic heterocycles. The molecular formula is C19H22N2O4. The van der Waals surface area contributed by atoms with E-state index in [1.807, 2.05) is 52.0 Å². The number of nitrogens with zero attached hydrogens (tertiary/aromatic N) is 1. The molecule has 0 spiro atoms. The first kappa shape index (κ1) is 17.2. The van der Waals surface area contributed by atoms with Crippen LogP contribution in [0.15, 0.2) is 36.5 Å². The van der Waals surface area contributed by atoms with Gasteiger partial charge < -0.3 is 14.8 Å². The van der Waals surface area contributed by atoms with E-state index in [9.17, 15) is 9.59 Å². The maximum absolute atomic E-state index is 12.4. The molecule has 2 aromatic rings. The molecule has 1 amide bonds. The second kappa shape index (κ2) is 6.37. The Hall–Kier alpha value is -2.60. The molecule has 1 unspecified atom stereocenters. The van der Waals surface area contributed by atoms with Crippen LogP contribution in [0.25, 0.3) is 11.3 Å². The van der Waals surface area contributed by atoms with Crippen LogP contribution in [0.2, 0.25) is 0 Å². The van der Waals surface area contributed by atoms with Gasteiger partial charge in [0.2, 0.25) is 5.91 Å². The van der Waals surface area contributed by atoms with Gasteiger partial charge in [0.1, 0.15) is 12.2 Å². The minimum absolute atomic E-state index is 0.0272. The van der Waals surface area contributed by atoms with Crippen molar-refractivity contribution in [2.24, 2.45) is 0 Å². The molecule has 1 N–H and O–H groups in total. The van der Waals surface area contributed by atoms with E-state index in [1.54, 1.807) is 12.3 Å². The number of benzene rings is 1. The monoisotopic (exact) mass is 342 g/mol. The summed E-state index contributed by atoms with van der Waals surface area (Å²) in [6.45, 7) is 7.42. The van der Waals surface area contributed by atoms with Crippen molar-refractivity contribution < 1.29 is 19.1 Å². The van der Waals surface area contributed by atoms with Gasteiger partial charge in [0.15, 0.2) is 0 Å². The zero-order chi connectivity index (χ0) is 18.2. The molecule has 0 aliphatic carbocycles. The number of rotatable bonds is 1. The Labute approximate surface area is 146 Å². The van der Waals surface area contributed by atoms with Gasteiger partial charge in [-0.2, -0.15) is 0 Å². The van der Waals surface area contributed by atoms with Gasteiger partial charge >= 0.3 is 6.09 Å². The number of carbonyl (C=O) groups excluding carboxylic acids is 2. The van der Waals surface area contributed by atoms with Crippen molar-refractivity contribution in [2.45, 2.75) is 39.4 Å². The smallest absolute Gasteiger partial charge is 0.418 e. The van der Waals surface area contributed by atoms with Crippen LogP contribution in [0.3, 0.4) is 0 Å². The fourth-order valence-corrected chi connectivity index (χ4v) is 2.74. The van der Waals surface area contributed by atoms with Crippen molar-refractivity contribution in [1.82, 2.24) is 4.57 Å². The lowest BCUT2D eigenvalue weighted by Gasteiger charge is -2.21. The Morgan fingerprint density at radius 3 is 2.80 bits per heavy atom. The summed E-state index contributed by atoms with van der Waals surface area (Å²) in [7, 11) is 0. The summed E-state index contributed by atoms with van der Waals surface area (Å²) in [5.74, 6) is -0.171. The number of fused-ring (bicyclic) bond motifs is 1. The zero-order valence-electron chi connectivity index (χ0n) is 14.8. The van der Waals surface area contributed by atoms with Gasteiger partial charge in [0, 0.05) is 17.4 Å². The van der Waals surface area contributed by atoms with Crippen LogP contribution < -0.4 is 5.32 Å². The van der Waals surface area contributed by atoms with E-state index in [2.05, 4.69) is 5.32 Å². The molecule has 6 nitrogen and oxygen atoms in total. The molecule has 6 heteroatoms. The largest absolute Gasteiger partial charge is 0.443 e. The summed E-state index contributed by atoms with van der Waals surface area (Å²) in [4.78, 5) is 24.1. The highest BCUT2D eigenvalue weighted by Gasteiger charge is 2.22. The molecule has 0 bridgehead atoms. The normalized spacial score (nSPS) is 17.4. The van der Waals surface area contributed by atoms with E-state index in [4.69, 9.17) is 9.47 Å². The number of hydrogen-bond acceptors (Lipinski definition) is 4. The van der Waals surface area contributed by atoms with E-state index in [0.29, 0.717) is 0 Å². The Morgan fingerprint density at radius 2 is 2.08 bits per heavy atom. The van der Waals surface area contributed by atoms with Crippen molar-refractivity contribution in [2.75, 3.05) is 11.9 Å². The number of amides is 1. The third-order valence-corrected chi connectivity index (χ3v) is 3.86. The third-order valence-electron chi connectivity index (χ3n) is 3.86. The van der Waals surface area contributed by atoms with Crippen LogP contribution in [-0.4, -0.2) is 28.8 Å². The van der Waals surface area contributed by atoms with Crippen LogP contribution in [0.1, 0.15) is 39.4 Å². The topological polar surface area (TPSA) is 69.6 Å². The van der Waals surface area contributed by atoms with E-state index in [1.165, 1.54) is 4.57 Å². The number of nitrogens with one attached hydrogen (secondary N) is 1. The average Bonchev–Trinajstić information content (AvgIpc) is 2.96. The fourth-order valence-electron chi connectivity index (χ4n) is 2.74. The molecule has 25 heavy (non-hydrogen) atoms. The molecule has 3 rings (SSSR count). The van der Waals surface area contributed by atoms with Gasteiger partial charge in [-0.25, -0.2) is 4.79 Å². The first-order valence-electron chi connectivity index (χ1n) is 8.21. The highest BCUT2D eigenvalue weighted by Crippen LogP contribution is 2.33. The van der Waals surface area contributed by atoms with Crippen molar-refractivity contribution >= 4 is 17.7 Å². The first-order valence-corrected chi connectivity index (χ1v) is 8.21. The number of carbonyl (C=O) groups is 2. The van der Waals surface area contributed by atoms with Gasteiger partial charge in [0.25, 0.3) is 0 Å². The summed E-state index contributed by atoms with van der Waals surface area (Å²) in [5, 5.41) is 2.83. The summed E-state index contributed by atoms with van der Waals surface area (Å²) in [6.07, 6.45) is 1.02. The van der Waals surface area contributed by atoms with Gasteiger partial charge in [-0.05, 0) is 57.5 Å². The van der Waals surface area contributed by atoms with Crippen molar-refractivity contribution in [3.05, 3.63) is 42.1 Å². The number of aromatic nitrogens is 1. The second-order valence-electron chi connectivity index (χ2n) is 7.05. The first-order chi connectivity index (χ1) is 11.7. The van der Waals surface area contributed by atoms with Crippen molar-refractivity contribution in [3.63, 3.8) is 0 Å². The van der Waals surface area contributed by atoms with Gasteiger partial charge in [0.05, 0.1) is 11.8 Å². The third kappa shape index (κ3) is 3.74. The highest BCUT2D eigenvalue weighted by molar-refractivity contribution is 5.93. The SMILES string of the molecule is CC1OCC(=O)Nc2ccc(-c3cccn3C(=O)OC(C)(C)C)cc21. The van der Waals surface area contributed by atoms with Crippen molar-refractivity contribution in [1.29, 1.82) is 0 Å². The Balaban J connectivity index is 1.98. The number of hydrogen-bond donors (Lipinski definition) is 1. The van der Waals surface area contributed by atoms with Crippen LogP contribution in [0.5, 0.6) is 0 Å². The zero-order valence-corrected chi connectivity index (χ0v) is 14.8. The van der Waals surface area contributed by atoms with Crippen LogP contribution in [0, 0.1) is 0 Å². The van der Waals surface area contributed by atoms with Crippen molar-refractivity contribution in [3.8, 4) is 11.3 Å². The molecule has 1 aliphatic rings. The fraction of sp³-hybridized carbons (Fsp3) is 0.368. The Morgan fingerprint density at radius 1 is 1.32 bits per heavy atom. The average molecular weight is 342 g/mol. The number of anilines is 1. The maximum Gasteiger partial charge on any atom is 0.418 e. The van der Waals surface area contributed by atoms with Gasteiger partial charge in [-0.3, -0.25) is 9.36 Å². The Bertz CT molecular complexity index is 817. The molecule has 132 valence electrons. The molecular weight excluding hydrogens is 320 g/mol. The standard InChI is InChI=1S/C19H22N2O4/c1-12-14-10-13(7-8-15(14)20-17(22)11-24-12)16-6-5-9-21(16)18(23)25-19(2,3)4/h5-10,12H,11H2,1-4H3,(H,20,22). The highest BCUT2D eigenvalue weighted by atomic mass is 16.6. The van der Waals surface area contributed by atoms with E-state index in [-0.39, 0.29) is 18.6 Å². The lowest BCUT2D eigenvalue weighted by Crippen LogP contribution is -2.27. The summed E-state index contributed by atoms with van der Waals surface area (Å²) in [6, 6.07) is 9.29. The molecule has 1 atom stereocenters. The molecule has 0 fully saturated rings. The second-order valence-corrected chi connectivity index (χ2v) is 7.05. The summed E-state index contributed by atoms with van der Waals surface area (Å²) in [5.41, 5.74) is 2.61. The van der Waals surface area contributed by atoms with E-state index < -0.39 is 11.7 Å². The lowest BCUT2D eigenvalue weighted by atomic mass is 10.0. The summed E-state index contributed by atoms with van der Waals surface area (Å²) >= 11 is 0. The van der Waals surface area contributed by atoms with Crippen LogP contribution in [-0.2, 0) is 14.3 Å². The molecule has 1 aromatic carbocycles. The Kier molecular flexibility index (Phi) is 4.39. The summed E-state index contributed by atoms with van der Waals surface area (Å²) < 4.78 is 12.5. The molecule has 0 saturated heterocycles. The molecule has 1 aliphatic heterocycles. The molecule has 0 radical (unpaired) electrons. The van der Waals surface area contributed by atoms with Gasteiger partial charge in [-0.15, -0.1) is 0 Å². The van der Waals surface area contributed by atoms with Gasteiger partial charge in [-0.1, -0.05) is 6.07 Å². The minimum atomic E-state index is -0.570. The molecule has 2 heterocycles. The molecule has 0 saturated carbocycles. The van der Waals surface area contributed by atoms with E-state index >= 15 is 0 Å². The van der Waals surface area contributed by atoms with E-state index in [0.717, 1.165) is 22.5 Å². The predicted molar refractivity (Wildman–Crippen MR) is 94.5 cm³/mol. The quantitative estimate of drug-likeness (QED) is 0.851. The maximum atomic E-state index is 12.4. The van der Waals surface area contributed by atoms with Crippen LogP contribution in [0.4, 0.5) is 10.5 Å². The number of ether oxygens (including phenoxy) is 2. The predicted octanol–water partition coefficient (Wildman–Crippen LogP) is 3.97. The van der Waals surface area contributed by atoms with Crippen LogP contribution >= 0.6 is 0 Å².